The summed E-state index contributed by atoms with van der Waals surface area (Å²) < 4.78 is 5.51. The molecule has 0 spiro atoms. The fourth-order valence-electron chi connectivity index (χ4n) is 0.655. The Morgan fingerprint density at radius 3 is 1.45 bits per heavy atom. The van der Waals surface area contributed by atoms with Crippen LogP contribution in [0.25, 0.3) is 0 Å². The van der Waals surface area contributed by atoms with Gasteiger partial charge in [-0.25, -0.2) is 0 Å². The summed E-state index contributed by atoms with van der Waals surface area (Å²) in [6.07, 6.45) is 0. The Hall–Kier alpha value is 0.394. The smallest absolute Gasteiger partial charge is 0.0440 e. The van der Waals surface area contributed by atoms with Crippen molar-refractivity contribution in [3.8, 4) is 0 Å². The van der Waals surface area contributed by atoms with Crippen molar-refractivity contribution in [1.82, 2.24) is 0 Å². The molecule has 0 aromatic carbocycles. The molecule has 0 aromatic heterocycles. The lowest BCUT2D eigenvalue weighted by molar-refractivity contribution is 0.161. The Kier molecular flexibility index (Phi) is 7.32. The molecule has 0 aliphatic carbocycles. The van der Waals surface area contributed by atoms with Crippen LogP contribution in [0.3, 0.4) is 0 Å². The van der Waals surface area contributed by atoms with Gasteiger partial charge in [-0.05, 0) is 12.1 Å². The standard InChI is InChI=1S/C8H20OSi2/c1-10(2)7-5-9-6-8-11(3)4/h5-8H2,1-4H3. The van der Waals surface area contributed by atoms with Gasteiger partial charge in [-0.1, -0.05) is 26.2 Å². The first kappa shape index (κ1) is 11.4. The molecule has 0 atom stereocenters. The number of rotatable bonds is 6. The summed E-state index contributed by atoms with van der Waals surface area (Å²) in [7, 11) is -0.104. The lowest BCUT2D eigenvalue weighted by atomic mass is 10.8. The van der Waals surface area contributed by atoms with Crippen molar-refractivity contribution in [2.45, 2.75) is 38.3 Å². The van der Waals surface area contributed by atoms with E-state index in [-0.39, 0.29) is 17.6 Å². The van der Waals surface area contributed by atoms with E-state index in [9.17, 15) is 0 Å². The molecule has 0 N–H and O–H groups in total. The van der Waals surface area contributed by atoms with Gasteiger partial charge in [0.05, 0.1) is 0 Å². The number of hydrogen-bond donors (Lipinski definition) is 0. The van der Waals surface area contributed by atoms with Gasteiger partial charge in [-0.15, -0.1) is 0 Å². The lowest BCUT2D eigenvalue weighted by Crippen LogP contribution is -2.09. The van der Waals surface area contributed by atoms with E-state index in [0.717, 1.165) is 13.2 Å². The first-order valence-electron chi connectivity index (χ1n) is 4.28. The average Bonchev–Trinajstić information content (AvgIpc) is 1.85. The molecule has 0 heterocycles. The molecule has 2 radical (unpaired) electrons. The van der Waals surface area contributed by atoms with Crippen LogP contribution in [0.2, 0.25) is 38.3 Å². The van der Waals surface area contributed by atoms with Crippen molar-refractivity contribution in [2.75, 3.05) is 13.2 Å². The summed E-state index contributed by atoms with van der Waals surface area (Å²) in [4.78, 5) is 0. The third-order valence-corrected chi connectivity index (χ3v) is 3.90. The molecule has 0 bridgehead atoms. The number of ether oxygens (including phenoxy) is 1. The monoisotopic (exact) mass is 188 g/mol. The second kappa shape index (κ2) is 7.07. The van der Waals surface area contributed by atoms with Gasteiger partial charge in [-0.3, -0.25) is 0 Å². The lowest BCUT2D eigenvalue weighted by Gasteiger charge is -2.05. The van der Waals surface area contributed by atoms with Crippen LogP contribution in [-0.4, -0.2) is 30.8 Å². The minimum absolute atomic E-state index is 0.0518. The maximum absolute atomic E-state index is 5.51. The SMILES string of the molecule is C[Si](C)CCOCC[Si](C)C. The van der Waals surface area contributed by atoms with Crippen LogP contribution < -0.4 is 0 Å². The van der Waals surface area contributed by atoms with Gasteiger partial charge in [0.2, 0.25) is 0 Å². The van der Waals surface area contributed by atoms with Crippen molar-refractivity contribution in [3.05, 3.63) is 0 Å². The molecule has 0 aromatic rings. The molecule has 11 heavy (non-hydrogen) atoms. The Labute approximate surface area is 74.4 Å². The molecule has 0 fully saturated rings. The number of hydrogen-bond acceptors (Lipinski definition) is 1. The molecule has 0 saturated carbocycles. The van der Waals surface area contributed by atoms with Crippen LogP contribution in [0.5, 0.6) is 0 Å². The third-order valence-electron chi connectivity index (χ3n) is 1.49. The average molecular weight is 188 g/mol. The predicted molar refractivity (Wildman–Crippen MR) is 55.4 cm³/mol. The highest BCUT2D eigenvalue weighted by atomic mass is 28.3. The van der Waals surface area contributed by atoms with Crippen LogP contribution in [-0.2, 0) is 4.74 Å². The van der Waals surface area contributed by atoms with Crippen molar-refractivity contribution < 1.29 is 4.74 Å². The highest BCUT2D eigenvalue weighted by Crippen LogP contribution is 1.95. The van der Waals surface area contributed by atoms with E-state index >= 15 is 0 Å². The maximum atomic E-state index is 5.51. The van der Waals surface area contributed by atoms with E-state index in [0.29, 0.717) is 0 Å². The zero-order chi connectivity index (χ0) is 8.69. The van der Waals surface area contributed by atoms with E-state index in [4.69, 9.17) is 4.74 Å². The summed E-state index contributed by atoms with van der Waals surface area (Å²) in [5.74, 6) is 0. The van der Waals surface area contributed by atoms with E-state index < -0.39 is 0 Å². The van der Waals surface area contributed by atoms with E-state index in [1.807, 2.05) is 0 Å². The van der Waals surface area contributed by atoms with E-state index in [1.165, 1.54) is 12.1 Å². The molecule has 0 aliphatic rings. The van der Waals surface area contributed by atoms with Crippen LogP contribution in [0, 0.1) is 0 Å². The van der Waals surface area contributed by atoms with E-state index in [1.54, 1.807) is 0 Å². The van der Waals surface area contributed by atoms with Gasteiger partial charge in [0.15, 0.2) is 0 Å². The fourth-order valence-corrected chi connectivity index (χ4v) is 1.76. The van der Waals surface area contributed by atoms with Crippen LogP contribution in [0.1, 0.15) is 0 Å². The third kappa shape index (κ3) is 10.4. The summed E-state index contributed by atoms with van der Waals surface area (Å²) >= 11 is 0. The molecule has 0 saturated heterocycles. The van der Waals surface area contributed by atoms with Crippen LogP contribution >= 0.6 is 0 Å². The highest BCUT2D eigenvalue weighted by molar-refractivity contribution is 6.56. The van der Waals surface area contributed by atoms with Crippen molar-refractivity contribution >= 4 is 17.6 Å². The van der Waals surface area contributed by atoms with Gasteiger partial charge in [0.25, 0.3) is 0 Å². The maximum Gasteiger partial charge on any atom is 0.0440 e. The molecule has 66 valence electrons. The van der Waals surface area contributed by atoms with E-state index in [2.05, 4.69) is 26.2 Å². The summed E-state index contributed by atoms with van der Waals surface area (Å²) in [5.41, 5.74) is 0. The topological polar surface area (TPSA) is 9.23 Å². The minimum Gasteiger partial charge on any atom is -0.382 e. The van der Waals surface area contributed by atoms with Gasteiger partial charge >= 0.3 is 0 Å². The first-order valence-corrected chi connectivity index (χ1v) is 9.70. The fraction of sp³-hybridized carbons (Fsp3) is 1.00. The summed E-state index contributed by atoms with van der Waals surface area (Å²) in [6.45, 7) is 11.3. The molecule has 3 heteroatoms. The molecule has 1 nitrogen and oxygen atoms in total. The van der Waals surface area contributed by atoms with Gasteiger partial charge < -0.3 is 4.74 Å². The summed E-state index contributed by atoms with van der Waals surface area (Å²) in [5, 5.41) is 0. The Balaban J connectivity index is 2.91. The van der Waals surface area contributed by atoms with Crippen LogP contribution in [0.15, 0.2) is 0 Å². The molecule has 0 aliphatic heterocycles. The second-order valence-corrected chi connectivity index (χ2v) is 9.36. The molecule has 0 amide bonds. The zero-order valence-corrected chi connectivity index (χ0v) is 10.2. The van der Waals surface area contributed by atoms with Gasteiger partial charge in [0.1, 0.15) is 0 Å². The first-order chi connectivity index (χ1) is 5.13. The molecule has 0 rings (SSSR count). The predicted octanol–water partition coefficient (Wildman–Crippen LogP) is 2.51. The molecular weight excluding hydrogens is 168 g/mol. The Morgan fingerprint density at radius 1 is 0.818 bits per heavy atom. The van der Waals surface area contributed by atoms with Gasteiger partial charge in [-0.2, -0.15) is 0 Å². The summed E-state index contributed by atoms with van der Waals surface area (Å²) in [6, 6.07) is 2.61. The molecular formula is C8H20OSi2. The quantitative estimate of drug-likeness (QED) is 0.460. The zero-order valence-electron chi connectivity index (χ0n) is 8.24. The van der Waals surface area contributed by atoms with Crippen molar-refractivity contribution in [1.29, 1.82) is 0 Å². The second-order valence-electron chi connectivity index (χ2n) is 3.53. The normalized spacial score (nSPS) is 11.5. The molecule has 0 unspecified atom stereocenters. The van der Waals surface area contributed by atoms with Crippen molar-refractivity contribution in [3.63, 3.8) is 0 Å². The van der Waals surface area contributed by atoms with Crippen LogP contribution in [0.4, 0.5) is 0 Å². The highest BCUT2D eigenvalue weighted by Gasteiger charge is 1.97. The minimum atomic E-state index is -0.0518. The Bertz CT molecular complexity index is 74.2. The van der Waals surface area contributed by atoms with Crippen molar-refractivity contribution in [2.24, 2.45) is 0 Å². The van der Waals surface area contributed by atoms with Gasteiger partial charge in [0, 0.05) is 30.8 Å². The Morgan fingerprint density at radius 2 is 1.18 bits per heavy atom. The largest absolute Gasteiger partial charge is 0.382 e.